The zero-order valence-electron chi connectivity index (χ0n) is 16.5. The molecule has 1 aliphatic heterocycles. The Kier molecular flexibility index (Phi) is 5.52. The smallest absolute Gasteiger partial charge is 0.230 e. The Balaban J connectivity index is 1.45. The van der Waals surface area contributed by atoms with E-state index in [4.69, 9.17) is 9.26 Å². The number of para-hydroxylation sites is 1. The van der Waals surface area contributed by atoms with Crippen LogP contribution < -0.4 is 15.1 Å². The highest BCUT2D eigenvalue weighted by molar-refractivity contribution is 5.86. The lowest BCUT2D eigenvalue weighted by Crippen LogP contribution is -2.38. The number of hydrogen-bond acceptors (Lipinski definition) is 9. The van der Waals surface area contributed by atoms with Crippen molar-refractivity contribution in [2.24, 2.45) is 0 Å². The van der Waals surface area contributed by atoms with Crippen LogP contribution in [0.5, 0.6) is 0 Å². The molecule has 1 saturated heterocycles. The first-order chi connectivity index (χ1) is 14.1. The predicted octanol–water partition coefficient (Wildman–Crippen LogP) is 0.774. The minimum atomic E-state index is -0.177. The van der Waals surface area contributed by atoms with Crippen molar-refractivity contribution < 1.29 is 14.1 Å². The van der Waals surface area contributed by atoms with Crippen LogP contribution in [0.2, 0.25) is 0 Å². The molecule has 10 nitrogen and oxygen atoms in total. The van der Waals surface area contributed by atoms with Gasteiger partial charge in [0.25, 0.3) is 0 Å². The number of carbonyl (C=O) groups excluding carboxylic acids is 1. The van der Waals surface area contributed by atoms with Crippen molar-refractivity contribution in [2.45, 2.75) is 13.0 Å². The number of ether oxygens (including phenoxy) is 1. The Bertz CT molecular complexity index is 998. The van der Waals surface area contributed by atoms with E-state index in [2.05, 4.69) is 30.3 Å². The van der Waals surface area contributed by atoms with Gasteiger partial charge in [-0.1, -0.05) is 17.3 Å². The van der Waals surface area contributed by atoms with E-state index in [0.29, 0.717) is 42.2 Å². The van der Waals surface area contributed by atoms with Gasteiger partial charge in [-0.3, -0.25) is 4.79 Å². The SMILES string of the molecule is CN(C)c1nc(CNC(=O)Cc2noc3ccccc23)nc(N2CCOCC2)n1. The molecule has 29 heavy (non-hydrogen) atoms. The second-order valence-corrected chi connectivity index (χ2v) is 6.92. The van der Waals surface area contributed by atoms with E-state index in [1.165, 1.54) is 0 Å². The molecule has 4 rings (SSSR count). The van der Waals surface area contributed by atoms with Crippen molar-refractivity contribution in [3.63, 3.8) is 0 Å². The zero-order valence-corrected chi connectivity index (χ0v) is 16.5. The lowest BCUT2D eigenvalue weighted by molar-refractivity contribution is -0.120. The minimum Gasteiger partial charge on any atom is -0.378 e. The maximum atomic E-state index is 12.4. The molecule has 1 aliphatic rings. The Morgan fingerprint density at radius 3 is 2.76 bits per heavy atom. The van der Waals surface area contributed by atoms with Gasteiger partial charge >= 0.3 is 0 Å². The molecule has 1 N–H and O–H groups in total. The Morgan fingerprint density at radius 2 is 1.97 bits per heavy atom. The second-order valence-electron chi connectivity index (χ2n) is 6.92. The van der Waals surface area contributed by atoms with Crippen LogP contribution in [0, 0.1) is 0 Å². The molecule has 0 unspecified atom stereocenters. The monoisotopic (exact) mass is 397 g/mol. The van der Waals surface area contributed by atoms with E-state index in [-0.39, 0.29) is 18.9 Å². The Hall–Kier alpha value is -3.27. The van der Waals surface area contributed by atoms with Crippen molar-refractivity contribution in [1.29, 1.82) is 0 Å². The van der Waals surface area contributed by atoms with Gasteiger partial charge in [0.15, 0.2) is 11.4 Å². The number of rotatable bonds is 6. The van der Waals surface area contributed by atoms with E-state index in [0.717, 1.165) is 18.5 Å². The van der Waals surface area contributed by atoms with Crippen LogP contribution in [0.1, 0.15) is 11.5 Å². The summed E-state index contributed by atoms with van der Waals surface area (Å²) in [6.45, 7) is 2.93. The summed E-state index contributed by atoms with van der Waals surface area (Å²) in [6, 6.07) is 7.47. The third-order valence-electron chi connectivity index (χ3n) is 4.58. The molecule has 0 spiro atoms. The highest BCUT2D eigenvalue weighted by Crippen LogP contribution is 2.18. The fraction of sp³-hybridized carbons (Fsp3) is 0.421. The standard InChI is InChI=1S/C19H23N7O3/c1-25(2)18-21-16(22-19(23-18)26-7-9-28-10-8-26)12-20-17(27)11-14-13-5-3-4-6-15(13)29-24-14/h3-6H,7-12H2,1-2H3,(H,20,27). The highest BCUT2D eigenvalue weighted by atomic mass is 16.5. The van der Waals surface area contributed by atoms with E-state index < -0.39 is 0 Å². The quantitative estimate of drug-likeness (QED) is 0.645. The Morgan fingerprint density at radius 1 is 1.17 bits per heavy atom. The number of hydrogen-bond donors (Lipinski definition) is 1. The van der Waals surface area contributed by atoms with Gasteiger partial charge in [-0.2, -0.15) is 15.0 Å². The second kappa shape index (κ2) is 8.39. The number of carbonyl (C=O) groups is 1. The number of aromatic nitrogens is 4. The molecule has 1 aromatic carbocycles. The molecule has 0 radical (unpaired) electrons. The molecule has 1 fully saturated rings. The van der Waals surface area contributed by atoms with Gasteiger partial charge in [0.1, 0.15) is 5.69 Å². The lowest BCUT2D eigenvalue weighted by atomic mass is 10.1. The number of nitrogens with zero attached hydrogens (tertiary/aromatic N) is 6. The first-order valence-electron chi connectivity index (χ1n) is 9.45. The molecule has 3 heterocycles. The molecule has 0 bridgehead atoms. The molecule has 10 heteroatoms. The van der Waals surface area contributed by atoms with Gasteiger partial charge in [0.05, 0.1) is 26.2 Å². The van der Waals surface area contributed by atoms with Gasteiger partial charge in [0, 0.05) is 32.6 Å². The van der Waals surface area contributed by atoms with E-state index in [1.54, 1.807) is 0 Å². The summed E-state index contributed by atoms with van der Waals surface area (Å²) in [5.41, 5.74) is 1.27. The van der Waals surface area contributed by atoms with E-state index in [9.17, 15) is 4.79 Å². The van der Waals surface area contributed by atoms with Gasteiger partial charge in [-0.15, -0.1) is 0 Å². The predicted molar refractivity (Wildman–Crippen MR) is 107 cm³/mol. The Labute approximate surface area is 167 Å². The van der Waals surface area contributed by atoms with Crippen molar-refractivity contribution in [1.82, 2.24) is 25.4 Å². The van der Waals surface area contributed by atoms with Crippen LogP contribution in [-0.4, -0.2) is 66.4 Å². The number of nitrogens with one attached hydrogen (secondary N) is 1. The first-order valence-corrected chi connectivity index (χ1v) is 9.45. The van der Waals surface area contributed by atoms with E-state index >= 15 is 0 Å². The molecule has 2 aromatic heterocycles. The van der Waals surface area contributed by atoms with Crippen molar-refractivity contribution in [3.05, 3.63) is 35.8 Å². The van der Waals surface area contributed by atoms with Crippen molar-refractivity contribution >= 4 is 28.8 Å². The van der Waals surface area contributed by atoms with Crippen LogP contribution >= 0.6 is 0 Å². The molecular formula is C19H23N7O3. The van der Waals surface area contributed by atoms with Crippen LogP contribution in [0.4, 0.5) is 11.9 Å². The number of anilines is 2. The van der Waals surface area contributed by atoms with Crippen LogP contribution in [0.25, 0.3) is 11.0 Å². The van der Waals surface area contributed by atoms with E-state index in [1.807, 2.05) is 43.3 Å². The normalized spacial score (nSPS) is 14.2. The summed E-state index contributed by atoms with van der Waals surface area (Å²) in [5.74, 6) is 1.47. The molecule has 152 valence electrons. The zero-order chi connectivity index (χ0) is 20.2. The minimum absolute atomic E-state index is 0.124. The van der Waals surface area contributed by atoms with Crippen LogP contribution in [0.3, 0.4) is 0 Å². The summed E-state index contributed by atoms with van der Waals surface area (Å²) in [6.07, 6.45) is 0.124. The molecule has 0 aliphatic carbocycles. The average Bonchev–Trinajstić information content (AvgIpc) is 3.15. The van der Waals surface area contributed by atoms with Crippen molar-refractivity contribution in [2.75, 3.05) is 50.2 Å². The lowest BCUT2D eigenvalue weighted by Gasteiger charge is -2.27. The fourth-order valence-corrected chi connectivity index (χ4v) is 3.04. The average molecular weight is 397 g/mol. The van der Waals surface area contributed by atoms with Crippen molar-refractivity contribution in [3.8, 4) is 0 Å². The van der Waals surface area contributed by atoms with Crippen LogP contribution in [-0.2, 0) is 22.5 Å². The van der Waals surface area contributed by atoms with Gasteiger partial charge in [-0.25, -0.2) is 0 Å². The largest absolute Gasteiger partial charge is 0.378 e. The highest BCUT2D eigenvalue weighted by Gasteiger charge is 2.18. The van der Waals surface area contributed by atoms with Crippen LogP contribution in [0.15, 0.2) is 28.8 Å². The molecular weight excluding hydrogens is 374 g/mol. The number of morpholine rings is 1. The number of amides is 1. The summed E-state index contributed by atoms with van der Waals surface area (Å²) in [4.78, 5) is 29.8. The van der Waals surface area contributed by atoms with Gasteiger partial charge in [-0.05, 0) is 12.1 Å². The number of benzene rings is 1. The maximum Gasteiger partial charge on any atom is 0.230 e. The molecule has 0 saturated carbocycles. The summed E-state index contributed by atoms with van der Waals surface area (Å²) < 4.78 is 10.6. The first kappa shape index (κ1) is 19.1. The molecule has 3 aromatic rings. The van der Waals surface area contributed by atoms with Gasteiger partial charge in [0.2, 0.25) is 17.8 Å². The molecule has 1 amide bonds. The number of fused-ring (bicyclic) bond motifs is 1. The third-order valence-corrected chi connectivity index (χ3v) is 4.58. The third kappa shape index (κ3) is 4.43. The molecule has 0 atom stereocenters. The summed E-state index contributed by atoms with van der Waals surface area (Å²) in [7, 11) is 3.74. The topological polar surface area (TPSA) is 110 Å². The van der Waals surface area contributed by atoms with Gasteiger partial charge < -0.3 is 24.4 Å². The summed E-state index contributed by atoms with van der Waals surface area (Å²) >= 11 is 0. The summed E-state index contributed by atoms with van der Waals surface area (Å²) in [5, 5.41) is 7.70. The maximum absolute atomic E-state index is 12.4. The fourth-order valence-electron chi connectivity index (χ4n) is 3.04.